The summed E-state index contributed by atoms with van der Waals surface area (Å²) in [6.07, 6.45) is 0. The number of methoxy groups -OCH3 is 1. The Morgan fingerprint density at radius 3 is 2.68 bits per heavy atom. The summed E-state index contributed by atoms with van der Waals surface area (Å²) in [5.74, 6) is -0.657. The number of aliphatic carboxylic acids is 1. The third-order valence-electron chi connectivity index (χ3n) is 2.41. The average Bonchev–Trinajstić information content (AvgIpc) is 2.38. The zero-order chi connectivity index (χ0) is 14.4. The maximum absolute atomic E-state index is 10.8. The molecule has 0 saturated carbocycles. The summed E-state index contributed by atoms with van der Waals surface area (Å²) < 4.78 is 10.3. The van der Waals surface area contributed by atoms with Gasteiger partial charge in [-0.2, -0.15) is 0 Å². The molecule has 0 aromatic heterocycles. The molecule has 1 aromatic carbocycles. The Balaban J connectivity index is 2.88. The molecule has 0 amide bonds. The molecule has 1 aromatic rings. The van der Waals surface area contributed by atoms with Crippen molar-refractivity contribution in [2.75, 3.05) is 20.8 Å². The van der Waals surface area contributed by atoms with E-state index in [0.29, 0.717) is 5.75 Å². The van der Waals surface area contributed by atoms with Crippen molar-refractivity contribution in [3.05, 3.63) is 28.3 Å². The van der Waals surface area contributed by atoms with Gasteiger partial charge in [-0.05, 0) is 13.1 Å². The Kier molecular flexibility index (Phi) is 5.07. The van der Waals surface area contributed by atoms with Gasteiger partial charge in [-0.25, -0.2) is 0 Å². The van der Waals surface area contributed by atoms with Crippen molar-refractivity contribution in [3.63, 3.8) is 0 Å². The fourth-order valence-corrected chi connectivity index (χ4v) is 1.34. The van der Waals surface area contributed by atoms with Crippen LogP contribution < -0.4 is 14.8 Å². The van der Waals surface area contributed by atoms with Crippen molar-refractivity contribution in [2.24, 2.45) is 0 Å². The summed E-state index contributed by atoms with van der Waals surface area (Å²) in [4.78, 5) is 20.9. The molecule has 0 spiro atoms. The van der Waals surface area contributed by atoms with E-state index in [1.54, 1.807) is 0 Å². The number of nitro groups is 1. The molecule has 0 aliphatic carbocycles. The van der Waals surface area contributed by atoms with Crippen LogP contribution in [0, 0.1) is 10.1 Å². The molecule has 1 unspecified atom stereocenters. The molecule has 0 saturated heterocycles. The molecule has 1 rings (SSSR count). The first-order valence-electron chi connectivity index (χ1n) is 5.35. The molecule has 0 heterocycles. The minimum Gasteiger partial charge on any atom is -0.493 e. The Morgan fingerprint density at radius 1 is 1.53 bits per heavy atom. The summed E-state index contributed by atoms with van der Waals surface area (Å²) in [5.41, 5.74) is -0.160. The number of hydrogen-bond acceptors (Lipinski definition) is 6. The Hall–Kier alpha value is -2.35. The van der Waals surface area contributed by atoms with Crippen LogP contribution in [-0.2, 0) is 4.79 Å². The van der Waals surface area contributed by atoms with Crippen LogP contribution in [-0.4, -0.2) is 42.8 Å². The second-order valence-corrected chi connectivity index (χ2v) is 3.58. The first kappa shape index (κ1) is 14.7. The van der Waals surface area contributed by atoms with Gasteiger partial charge < -0.3 is 19.9 Å². The number of nitro benzene ring substituents is 1. The predicted molar refractivity (Wildman–Crippen MR) is 65.6 cm³/mol. The molecular weight excluding hydrogens is 256 g/mol. The summed E-state index contributed by atoms with van der Waals surface area (Å²) in [6.45, 7) is -0.177. The summed E-state index contributed by atoms with van der Waals surface area (Å²) in [6, 6.07) is 2.94. The lowest BCUT2D eigenvalue weighted by Crippen LogP contribution is -2.39. The van der Waals surface area contributed by atoms with Crippen molar-refractivity contribution in [1.29, 1.82) is 0 Å². The van der Waals surface area contributed by atoms with E-state index < -0.39 is 16.9 Å². The molecule has 19 heavy (non-hydrogen) atoms. The van der Waals surface area contributed by atoms with E-state index >= 15 is 0 Å². The monoisotopic (exact) mass is 270 g/mol. The normalized spacial score (nSPS) is 11.7. The van der Waals surface area contributed by atoms with Crippen molar-refractivity contribution >= 4 is 11.7 Å². The number of carboxylic acids is 1. The SMILES string of the molecule is CNC(COc1cc([N+](=O)[O-])ccc1OC)C(=O)O. The Morgan fingerprint density at radius 2 is 2.21 bits per heavy atom. The number of hydrogen-bond donors (Lipinski definition) is 2. The molecule has 0 aliphatic rings. The maximum Gasteiger partial charge on any atom is 0.324 e. The van der Waals surface area contributed by atoms with Crippen LogP contribution in [0.25, 0.3) is 0 Å². The summed E-state index contributed by atoms with van der Waals surface area (Å²) in [7, 11) is 2.87. The Labute approximate surface area is 109 Å². The first-order chi connectivity index (χ1) is 8.99. The standard InChI is InChI=1S/C11H14N2O6/c1-12-8(11(14)15)6-19-10-5-7(13(16)17)3-4-9(10)18-2/h3-5,8,12H,6H2,1-2H3,(H,14,15). The van der Waals surface area contributed by atoms with Gasteiger partial charge in [-0.3, -0.25) is 14.9 Å². The van der Waals surface area contributed by atoms with Gasteiger partial charge in [0, 0.05) is 6.07 Å². The molecule has 0 aliphatic heterocycles. The third-order valence-corrected chi connectivity index (χ3v) is 2.41. The average molecular weight is 270 g/mol. The minimum absolute atomic E-state index is 0.123. The molecule has 0 radical (unpaired) electrons. The lowest BCUT2D eigenvalue weighted by molar-refractivity contribution is -0.385. The van der Waals surface area contributed by atoms with Gasteiger partial charge >= 0.3 is 5.97 Å². The van der Waals surface area contributed by atoms with E-state index in [4.69, 9.17) is 14.6 Å². The second-order valence-electron chi connectivity index (χ2n) is 3.58. The smallest absolute Gasteiger partial charge is 0.324 e. The number of likely N-dealkylation sites (N-methyl/N-ethyl adjacent to an activating group) is 1. The van der Waals surface area contributed by atoms with Crippen LogP contribution in [0.3, 0.4) is 0 Å². The van der Waals surface area contributed by atoms with Crippen molar-refractivity contribution in [2.45, 2.75) is 6.04 Å². The van der Waals surface area contributed by atoms with Gasteiger partial charge in [0.1, 0.15) is 12.6 Å². The quantitative estimate of drug-likeness (QED) is 0.552. The van der Waals surface area contributed by atoms with Crippen LogP contribution in [0.1, 0.15) is 0 Å². The van der Waals surface area contributed by atoms with E-state index in [2.05, 4.69) is 5.32 Å². The molecule has 0 bridgehead atoms. The van der Waals surface area contributed by atoms with Gasteiger partial charge in [0.15, 0.2) is 11.5 Å². The highest BCUT2D eigenvalue weighted by atomic mass is 16.6. The molecule has 1 atom stereocenters. The third kappa shape index (κ3) is 3.81. The van der Waals surface area contributed by atoms with Crippen LogP contribution >= 0.6 is 0 Å². The number of nitrogens with one attached hydrogen (secondary N) is 1. The van der Waals surface area contributed by atoms with Gasteiger partial charge in [0.05, 0.1) is 18.1 Å². The fourth-order valence-electron chi connectivity index (χ4n) is 1.34. The van der Waals surface area contributed by atoms with Gasteiger partial charge in [0.2, 0.25) is 0 Å². The predicted octanol–water partition coefficient (Wildman–Crippen LogP) is 0.655. The zero-order valence-electron chi connectivity index (χ0n) is 10.5. The van der Waals surface area contributed by atoms with Gasteiger partial charge in [0.25, 0.3) is 5.69 Å². The fraction of sp³-hybridized carbons (Fsp3) is 0.364. The van der Waals surface area contributed by atoms with Crippen molar-refractivity contribution < 1.29 is 24.3 Å². The number of benzene rings is 1. The second kappa shape index (κ2) is 6.55. The Bertz CT molecular complexity index is 476. The van der Waals surface area contributed by atoms with Gasteiger partial charge in [-0.15, -0.1) is 0 Å². The van der Waals surface area contributed by atoms with Crippen molar-refractivity contribution in [1.82, 2.24) is 5.32 Å². The van der Waals surface area contributed by atoms with Crippen LogP contribution in [0.4, 0.5) is 5.69 Å². The topological polar surface area (TPSA) is 111 Å². The van der Waals surface area contributed by atoms with Crippen LogP contribution in [0.15, 0.2) is 18.2 Å². The number of nitrogens with zero attached hydrogens (tertiary/aromatic N) is 1. The van der Waals surface area contributed by atoms with E-state index in [9.17, 15) is 14.9 Å². The number of rotatable bonds is 7. The van der Waals surface area contributed by atoms with E-state index in [1.165, 1.54) is 32.4 Å². The largest absolute Gasteiger partial charge is 0.493 e. The molecule has 8 nitrogen and oxygen atoms in total. The van der Waals surface area contributed by atoms with E-state index in [1.807, 2.05) is 0 Å². The molecule has 104 valence electrons. The van der Waals surface area contributed by atoms with E-state index in [-0.39, 0.29) is 18.0 Å². The highest BCUT2D eigenvalue weighted by molar-refractivity contribution is 5.73. The van der Waals surface area contributed by atoms with E-state index in [0.717, 1.165) is 0 Å². The molecule has 8 heteroatoms. The number of non-ortho nitro benzene ring substituents is 1. The highest BCUT2D eigenvalue weighted by Crippen LogP contribution is 2.31. The lowest BCUT2D eigenvalue weighted by atomic mass is 10.2. The van der Waals surface area contributed by atoms with Crippen LogP contribution in [0.2, 0.25) is 0 Å². The lowest BCUT2D eigenvalue weighted by Gasteiger charge is -2.14. The summed E-state index contributed by atoms with van der Waals surface area (Å²) in [5, 5.41) is 22.0. The van der Waals surface area contributed by atoms with Crippen LogP contribution in [0.5, 0.6) is 11.5 Å². The number of carboxylic acid groups (broad SMARTS) is 1. The molecule has 2 N–H and O–H groups in total. The molecule has 0 fully saturated rings. The number of carbonyl (C=O) groups is 1. The molecular formula is C11H14N2O6. The maximum atomic E-state index is 10.8. The summed E-state index contributed by atoms with van der Waals surface area (Å²) >= 11 is 0. The van der Waals surface area contributed by atoms with Gasteiger partial charge in [-0.1, -0.05) is 0 Å². The number of ether oxygens (including phenoxy) is 2. The van der Waals surface area contributed by atoms with Crippen molar-refractivity contribution in [3.8, 4) is 11.5 Å². The zero-order valence-corrected chi connectivity index (χ0v) is 10.5. The highest BCUT2D eigenvalue weighted by Gasteiger charge is 2.18. The first-order valence-corrected chi connectivity index (χ1v) is 5.35. The minimum atomic E-state index is -1.08.